The zero-order valence-corrected chi connectivity index (χ0v) is 14.3. The van der Waals surface area contributed by atoms with Crippen molar-refractivity contribution in [1.82, 2.24) is 0 Å². The Balaban J connectivity index is 4.70. The van der Waals surface area contributed by atoms with Gasteiger partial charge in [-0.3, -0.25) is 9.36 Å². The molecule has 0 aliphatic heterocycles. The highest BCUT2D eigenvalue weighted by Crippen LogP contribution is 2.54. The first kappa shape index (κ1) is 19.9. The van der Waals surface area contributed by atoms with Gasteiger partial charge in [0.25, 0.3) is 0 Å². The van der Waals surface area contributed by atoms with E-state index in [-0.39, 0.29) is 25.5 Å². The van der Waals surface area contributed by atoms with Gasteiger partial charge >= 0.3 is 13.6 Å². The van der Waals surface area contributed by atoms with Crippen LogP contribution < -0.4 is 0 Å². The quantitative estimate of drug-likeness (QED) is 0.303. The molecule has 20 heavy (non-hydrogen) atoms. The summed E-state index contributed by atoms with van der Waals surface area (Å²) >= 11 is 5.78. The predicted octanol–water partition coefficient (Wildman–Crippen LogP) is 4.33. The molecule has 0 N–H and O–H groups in total. The molecule has 0 unspecified atom stereocenters. The van der Waals surface area contributed by atoms with E-state index in [1.54, 1.807) is 0 Å². The molecule has 0 radical (unpaired) electrons. The van der Waals surface area contributed by atoms with Gasteiger partial charge in [0.1, 0.15) is 0 Å². The number of carbonyl (C=O) groups is 1. The van der Waals surface area contributed by atoms with Crippen LogP contribution in [0.25, 0.3) is 0 Å². The summed E-state index contributed by atoms with van der Waals surface area (Å²) in [6.07, 6.45) is 3.28. The van der Waals surface area contributed by atoms with Crippen LogP contribution in [-0.2, 0) is 23.1 Å². The lowest BCUT2D eigenvalue weighted by atomic mass is 10.2. The maximum Gasteiger partial charge on any atom is 0.372 e. The minimum absolute atomic E-state index is 0.109. The third kappa shape index (κ3) is 7.63. The Morgan fingerprint density at radius 3 is 2.05 bits per heavy atom. The third-order valence-corrected chi connectivity index (χ3v) is 5.01. The predicted molar refractivity (Wildman–Crippen MR) is 80.2 cm³/mol. The summed E-state index contributed by atoms with van der Waals surface area (Å²) < 4.78 is 28.5. The fourth-order valence-electron chi connectivity index (χ4n) is 1.35. The average molecular weight is 329 g/mol. The van der Waals surface area contributed by atoms with E-state index in [0.717, 1.165) is 12.8 Å². The van der Waals surface area contributed by atoms with E-state index >= 15 is 0 Å². The molecule has 0 aliphatic rings. The number of ether oxygens (including phenoxy) is 1. The fourth-order valence-corrected chi connectivity index (χ4v) is 3.62. The number of halogens is 1. The molecule has 0 saturated heterocycles. The van der Waals surface area contributed by atoms with Crippen LogP contribution in [0.3, 0.4) is 0 Å². The summed E-state index contributed by atoms with van der Waals surface area (Å²) in [7, 11) is -3.52. The molecule has 7 heteroatoms. The average Bonchev–Trinajstić information content (AvgIpc) is 2.46. The van der Waals surface area contributed by atoms with Crippen LogP contribution in [-0.4, -0.2) is 30.9 Å². The number of alkyl halides is 1. The van der Waals surface area contributed by atoms with Crippen molar-refractivity contribution in [2.24, 2.45) is 0 Å². The van der Waals surface area contributed by atoms with Gasteiger partial charge in [0.2, 0.25) is 5.85 Å². The summed E-state index contributed by atoms with van der Waals surface area (Å²) in [5.41, 5.74) is 0. The molecule has 0 spiro atoms. The van der Waals surface area contributed by atoms with Gasteiger partial charge in [-0.05, 0) is 19.3 Å². The van der Waals surface area contributed by atoms with E-state index in [1.807, 2.05) is 20.8 Å². The van der Waals surface area contributed by atoms with Crippen molar-refractivity contribution < 1.29 is 23.1 Å². The largest absolute Gasteiger partial charge is 0.448 e. The van der Waals surface area contributed by atoms with Crippen LogP contribution in [0.5, 0.6) is 0 Å². The van der Waals surface area contributed by atoms with Crippen LogP contribution in [0.15, 0.2) is 0 Å². The van der Waals surface area contributed by atoms with Gasteiger partial charge in [-0.25, -0.2) is 0 Å². The molecule has 0 aromatic rings. The van der Waals surface area contributed by atoms with E-state index in [0.29, 0.717) is 12.8 Å². The standard InChI is InChI=1S/C13H26ClO5P/c1-4-7-8-12(15)19-13(11-14)20(16,17-9-5-2)18-10-6-3/h13H,4-11H2,1-3H3/t13-/m1/s1. The van der Waals surface area contributed by atoms with Gasteiger partial charge in [0, 0.05) is 6.42 Å². The maximum atomic E-state index is 12.7. The SMILES string of the molecule is CCCCC(=O)O[C@@H](CCl)P(=O)(OCCC)OCCC. The first-order chi connectivity index (χ1) is 9.53. The molecule has 0 aliphatic carbocycles. The Labute approximate surface area is 126 Å². The highest BCUT2D eigenvalue weighted by atomic mass is 35.5. The summed E-state index contributed by atoms with van der Waals surface area (Å²) in [5.74, 6) is -1.56. The molecule has 0 aromatic heterocycles. The molecule has 0 aromatic carbocycles. The Hall–Kier alpha value is -0.0900. The Bertz CT molecular complexity index is 299. The minimum Gasteiger partial charge on any atom is -0.448 e. The second-order valence-corrected chi connectivity index (χ2v) is 6.89. The van der Waals surface area contributed by atoms with E-state index < -0.39 is 19.4 Å². The summed E-state index contributed by atoms with van der Waals surface area (Å²) in [5, 5.41) is 0. The monoisotopic (exact) mass is 328 g/mol. The summed E-state index contributed by atoms with van der Waals surface area (Å²) in [6, 6.07) is 0. The highest BCUT2D eigenvalue weighted by molar-refractivity contribution is 7.54. The Morgan fingerprint density at radius 1 is 1.10 bits per heavy atom. The Morgan fingerprint density at radius 2 is 1.65 bits per heavy atom. The number of hydrogen-bond acceptors (Lipinski definition) is 5. The Kier molecular flexibility index (Phi) is 11.5. The number of rotatable bonds is 12. The van der Waals surface area contributed by atoms with E-state index in [4.69, 9.17) is 25.4 Å². The number of hydrogen-bond donors (Lipinski definition) is 0. The van der Waals surface area contributed by atoms with Gasteiger partial charge in [-0.2, -0.15) is 0 Å². The van der Waals surface area contributed by atoms with Crippen molar-refractivity contribution in [2.45, 2.75) is 58.7 Å². The number of unbranched alkanes of at least 4 members (excludes halogenated alkanes) is 1. The molecule has 0 saturated carbocycles. The topological polar surface area (TPSA) is 61.8 Å². The van der Waals surface area contributed by atoms with Crippen LogP contribution >= 0.6 is 19.2 Å². The van der Waals surface area contributed by atoms with Gasteiger partial charge in [-0.1, -0.05) is 27.2 Å². The molecule has 1 atom stereocenters. The van der Waals surface area contributed by atoms with Crippen LogP contribution in [0, 0.1) is 0 Å². The zero-order chi connectivity index (χ0) is 15.4. The zero-order valence-electron chi connectivity index (χ0n) is 12.6. The summed E-state index contributed by atoms with van der Waals surface area (Å²) in [6.45, 7) is 6.33. The van der Waals surface area contributed by atoms with Crippen LogP contribution in [0.1, 0.15) is 52.9 Å². The first-order valence-electron chi connectivity index (χ1n) is 7.18. The van der Waals surface area contributed by atoms with Crippen molar-refractivity contribution in [3.8, 4) is 0 Å². The van der Waals surface area contributed by atoms with Crippen LogP contribution in [0.4, 0.5) is 0 Å². The summed E-state index contributed by atoms with van der Waals surface area (Å²) in [4.78, 5) is 11.7. The van der Waals surface area contributed by atoms with Crippen molar-refractivity contribution in [1.29, 1.82) is 0 Å². The molecule has 5 nitrogen and oxygen atoms in total. The molecular formula is C13H26ClO5P. The van der Waals surface area contributed by atoms with Crippen LogP contribution in [0.2, 0.25) is 0 Å². The lowest BCUT2D eigenvalue weighted by Gasteiger charge is -2.25. The fraction of sp³-hybridized carbons (Fsp3) is 0.923. The van der Waals surface area contributed by atoms with E-state index in [9.17, 15) is 9.36 Å². The van der Waals surface area contributed by atoms with Gasteiger partial charge < -0.3 is 13.8 Å². The van der Waals surface area contributed by atoms with Gasteiger partial charge in [-0.15, -0.1) is 11.6 Å². The molecule has 0 fully saturated rings. The lowest BCUT2D eigenvalue weighted by molar-refractivity contribution is -0.145. The van der Waals surface area contributed by atoms with E-state index in [1.165, 1.54) is 0 Å². The van der Waals surface area contributed by atoms with Crippen molar-refractivity contribution in [3.63, 3.8) is 0 Å². The molecule has 0 rings (SSSR count). The normalized spacial score (nSPS) is 13.2. The van der Waals surface area contributed by atoms with Crippen molar-refractivity contribution in [3.05, 3.63) is 0 Å². The van der Waals surface area contributed by atoms with Gasteiger partial charge in [0.05, 0.1) is 19.1 Å². The molecule has 120 valence electrons. The molecule has 0 amide bonds. The van der Waals surface area contributed by atoms with Gasteiger partial charge in [0.15, 0.2) is 0 Å². The third-order valence-electron chi connectivity index (χ3n) is 2.44. The number of carbonyl (C=O) groups excluding carboxylic acids is 1. The second kappa shape index (κ2) is 11.6. The van der Waals surface area contributed by atoms with E-state index in [2.05, 4.69) is 0 Å². The number of esters is 1. The maximum absolute atomic E-state index is 12.7. The molecule has 0 bridgehead atoms. The lowest BCUT2D eigenvalue weighted by Crippen LogP contribution is -2.23. The molecular weight excluding hydrogens is 303 g/mol. The second-order valence-electron chi connectivity index (χ2n) is 4.41. The first-order valence-corrected chi connectivity index (χ1v) is 9.32. The van der Waals surface area contributed by atoms with Crippen molar-refractivity contribution in [2.75, 3.05) is 19.1 Å². The minimum atomic E-state index is -3.52. The highest BCUT2D eigenvalue weighted by Gasteiger charge is 2.38. The smallest absolute Gasteiger partial charge is 0.372 e. The van der Waals surface area contributed by atoms with Crippen molar-refractivity contribution >= 4 is 25.2 Å². The molecule has 0 heterocycles.